The average molecular weight is 349 g/mol. The SMILES string of the molecule is Cc1ccc(OCC(O)CN2CCN(CC(=O)NC(C)C)CC2)cc1. The molecule has 25 heavy (non-hydrogen) atoms. The molecule has 0 radical (unpaired) electrons. The molecule has 1 saturated heterocycles. The van der Waals surface area contributed by atoms with Crippen molar-refractivity contribution in [2.75, 3.05) is 45.9 Å². The van der Waals surface area contributed by atoms with E-state index in [-0.39, 0.29) is 11.9 Å². The largest absolute Gasteiger partial charge is 0.491 e. The van der Waals surface area contributed by atoms with Crippen molar-refractivity contribution in [2.24, 2.45) is 0 Å². The summed E-state index contributed by atoms with van der Waals surface area (Å²) in [5.41, 5.74) is 1.19. The van der Waals surface area contributed by atoms with E-state index in [0.717, 1.165) is 31.9 Å². The third kappa shape index (κ3) is 7.42. The summed E-state index contributed by atoms with van der Waals surface area (Å²) in [5.74, 6) is 0.862. The van der Waals surface area contributed by atoms with Crippen LogP contribution in [0.25, 0.3) is 0 Å². The van der Waals surface area contributed by atoms with Gasteiger partial charge >= 0.3 is 0 Å². The lowest BCUT2D eigenvalue weighted by Gasteiger charge is -2.35. The number of nitrogens with one attached hydrogen (secondary N) is 1. The van der Waals surface area contributed by atoms with Crippen molar-refractivity contribution in [3.05, 3.63) is 29.8 Å². The summed E-state index contributed by atoms with van der Waals surface area (Å²) in [6.45, 7) is 10.7. The lowest BCUT2D eigenvalue weighted by molar-refractivity contribution is -0.123. The molecular formula is C19H31N3O3. The number of amides is 1. The molecule has 0 aromatic heterocycles. The zero-order chi connectivity index (χ0) is 18.2. The molecule has 1 fully saturated rings. The molecule has 2 rings (SSSR count). The maximum absolute atomic E-state index is 11.8. The molecule has 1 heterocycles. The second-order valence-corrected chi connectivity index (χ2v) is 7.08. The summed E-state index contributed by atoms with van der Waals surface area (Å²) < 4.78 is 5.63. The van der Waals surface area contributed by atoms with Crippen LogP contribution in [-0.2, 0) is 4.79 Å². The van der Waals surface area contributed by atoms with Gasteiger partial charge in [-0.25, -0.2) is 0 Å². The summed E-state index contributed by atoms with van der Waals surface area (Å²) in [4.78, 5) is 16.2. The molecule has 1 amide bonds. The molecule has 1 aromatic carbocycles. The first-order valence-electron chi connectivity index (χ1n) is 9.04. The molecule has 2 N–H and O–H groups in total. The number of aliphatic hydroxyl groups is 1. The number of β-amino-alcohol motifs (C(OH)–C–C–N with tert-alkyl or cyclic N) is 1. The number of hydrogen-bond donors (Lipinski definition) is 2. The van der Waals surface area contributed by atoms with Gasteiger partial charge in [0.25, 0.3) is 0 Å². The third-order valence-corrected chi connectivity index (χ3v) is 4.21. The van der Waals surface area contributed by atoms with Crippen LogP contribution in [0, 0.1) is 6.92 Å². The van der Waals surface area contributed by atoms with Crippen LogP contribution in [0.4, 0.5) is 0 Å². The van der Waals surface area contributed by atoms with Gasteiger partial charge in [-0.2, -0.15) is 0 Å². The van der Waals surface area contributed by atoms with Gasteiger partial charge in [-0.15, -0.1) is 0 Å². The monoisotopic (exact) mass is 349 g/mol. The first-order valence-corrected chi connectivity index (χ1v) is 9.04. The minimum Gasteiger partial charge on any atom is -0.491 e. The number of carbonyl (C=O) groups excluding carboxylic acids is 1. The van der Waals surface area contributed by atoms with Crippen molar-refractivity contribution < 1.29 is 14.6 Å². The van der Waals surface area contributed by atoms with E-state index in [1.54, 1.807) is 0 Å². The average Bonchev–Trinajstić information content (AvgIpc) is 2.55. The Morgan fingerprint density at radius 3 is 2.36 bits per heavy atom. The lowest BCUT2D eigenvalue weighted by Crippen LogP contribution is -2.51. The minimum absolute atomic E-state index is 0.0787. The Hall–Kier alpha value is -1.63. The Kier molecular flexibility index (Phi) is 7.68. The highest BCUT2D eigenvalue weighted by molar-refractivity contribution is 5.78. The highest BCUT2D eigenvalue weighted by Crippen LogP contribution is 2.12. The number of hydrogen-bond acceptors (Lipinski definition) is 5. The van der Waals surface area contributed by atoms with Crippen molar-refractivity contribution in [3.8, 4) is 5.75 Å². The van der Waals surface area contributed by atoms with Crippen LogP contribution in [0.2, 0.25) is 0 Å². The standard InChI is InChI=1S/C19H31N3O3/c1-15(2)20-19(24)13-22-10-8-21(9-11-22)12-17(23)14-25-18-6-4-16(3)5-7-18/h4-7,15,17,23H,8-14H2,1-3H3,(H,20,24). The Labute approximate surface area is 150 Å². The maximum Gasteiger partial charge on any atom is 0.234 e. The molecular weight excluding hydrogens is 318 g/mol. The number of nitrogens with zero attached hydrogens (tertiary/aromatic N) is 2. The Bertz CT molecular complexity index is 525. The van der Waals surface area contributed by atoms with Crippen LogP contribution in [-0.4, -0.2) is 78.8 Å². The molecule has 140 valence electrons. The molecule has 0 aliphatic carbocycles. The van der Waals surface area contributed by atoms with Gasteiger partial charge in [-0.1, -0.05) is 17.7 Å². The predicted octanol–water partition coefficient (Wildman–Crippen LogP) is 0.877. The van der Waals surface area contributed by atoms with E-state index >= 15 is 0 Å². The molecule has 0 bridgehead atoms. The number of piperazine rings is 1. The van der Waals surface area contributed by atoms with Gasteiger partial charge in [0, 0.05) is 38.8 Å². The fourth-order valence-electron chi connectivity index (χ4n) is 2.88. The van der Waals surface area contributed by atoms with Crippen LogP contribution < -0.4 is 10.1 Å². The molecule has 0 spiro atoms. The number of ether oxygens (including phenoxy) is 1. The minimum atomic E-state index is -0.517. The molecule has 6 nitrogen and oxygen atoms in total. The highest BCUT2D eigenvalue weighted by atomic mass is 16.5. The molecule has 1 aliphatic rings. The second-order valence-electron chi connectivity index (χ2n) is 7.08. The van der Waals surface area contributed by atoms with E-state index in [4.69, 9.17) is 4.74 Å². The van der Waals surface area contributed by atoms with Gasteiger partial charge in [-0.3, -0.25) is 14.6 Å². The van der Waals surface area contributed by atoms with Crippen molar-refractivity contribution >= 4 is 5.91 Å². The molecule has 0 saturated carbocycles. The number of carbonyl (C=O) groups is 1. The van der Waals surface area contributed by atoms with Gasteiger partial charge in [-0.05, 0) is 32.9 Å². The van der Waals surface area contributed by atoms with Crippen LogP contribution in [0.3, 0.4) is 0 Å². The van der Waals surface area contributed by atoms with Gasteiger partial charge in [0.1, 0.15) is 18.5 Å². The predicted molar refractivity (Wildman–Crippen MR) is 98.8 cm³/mol. The lowest BCUT2D eigenvalue weighted by atomic mass is 10.2. The number of aryl methyl sites for hydroxylation is 1. The van der Waals surface area contributed by atoms with Gasteiger partial charge in [0.05, 0.1) is 6.54 Å². The van der Waals surface area contributed by atoms with E-state index in [9.17, 15) is 9.90 Å². The molecule has 1 atom stereocenters. The van der Waals surface area contributed by atoms with E-state index in [2.05, 4.69) is 15.1 Å². The number of rotatable bonds is 8. The van der Waals surface area contributed by atoms with Crippen LogP contribution in [0.1, 0.15) is 19.4 Å². The highest BCUT2D eigenvalue weighted by Gasteiger charge is 2.21. The quantitative estimate of drug-likeness (QED) is 0.729. The van der Waals surface area contributed by atoms with Crippen LogP contribution in [0.5, 0.6) is 5.75 Å². The zero-order valence-electron chi connectivity index (χ0n) is 15.6. The van der Waals surface area contributed by atoms with Crippen LogP contribution in [0.15, 0.2) is 24.3 Å². The summed E-state index contributed by atoms with van der Waals surface area (Å²) in [6.07, 6.45) is -0.517. The first kappa shape index (κ1) is 19.7. The summed E-state index contributed by atoms with van der Waals surface area (Å²) in [5, 5.41) is 13.1. The maximum atomic E-state index is 11.8. The molecule has 1 unspecified atom stereocenters. The zero-order valence-corrected chi connectivity index (χ0v) is 15.6. The topological polar surface area (TPSA) is 65.0 Å². The van der Waals surface area contributed by atoms with Gasteiger partial charge in [0.15, 0.2) is 0 Å². The first-order chi connectivity index (χ1) is 11.9. The summed E-state index contributed by atoms with van der Waals surface area (Å²) >= 11 is 0. The van der Waals surface area contributed by atoms with Crippen molar-refractivity contribution in [1.29, 1.82) is 0 Å². The normalized spacial score (nSPS) is 17.5. The summed E-state index contributed by atoms with van der Waals surface area (Å²) in [7, 11) is 0. The van der Waals surface area contributed by atoms with Gasteiger partial charge < -0.3 is 15.2 Å². The fourth-order valence-corrected chi connectivity index (χ4v) is 2.88. The molecule has 1 aromatic rings. The van der Waals surface area contributed by atoms with Crippen molar-refractivity contribution in [3.63, 3.8) is 0 Å². The van der Waals surface area contributed by atoms with E-state index in [1.807, 2.05) is 45.0 Å². The van der Waals surface area contributed by atoms with E-state index in [0.29, 0.717) is 19.7 Å². The third-order valence-electron chi connectivity index (χ3n) is 4.21. The second kappa shape index (κ2) is 9.75. The summed E-state index contributed by atoms with van der Waals surface area (Å²) in [6, 6.07) is 8.01. The van der Waals surface area contributed by atoms with Crippen molar-refractivity contribution in [2.45, 2.75) is 32.9 Å². The molecule has 6 heteroatoms. The Morgan fingerprint density at radius 1 is 1.16 bits per heavy atom. The fraction of sp³-hybridized carbons (Fsp3) is 0.632. The van der Waals surface area contributed by atoms with E-state index in [1.165, 1.54) is 5.56 Å². The Balaban J connectivity index is 1.63. The van der Waals surface area contributed by atoms with Crippen molar-refractivity contribution in [1.82, 2.24) is 15.1 Å². The number of aliphatic hydroxyl groups excluding tert-OH is 1. The number of benzene rings is 1. The molecule has 1 aliphatic heterocycles. The van der Waals surface area contributed by atoms with Gasteiger partial charge in [0.2, 0.25) is 5.91 Å². The van der Waals surface area contributed by atoms with E-state index < -0.39 is 6.10 Å². The smallest absolute Gasteiger partial charge is 0.234 e. The Morgan fingerprint density at radius 2 is 1.76 bits per heavy atom. The van der Waals surface area contributed by atoms with Crippen LogP contribution >= 0.6 is 0 Å².